The van der Waals surface area contributed by atoms with Crippen LogP contribution in [0.5, 0.6) is 0 Å². The molecule has 0 aliphatic carbocycles. The van der Waals surface area contributed by atoms with Gasteiger partial charge in [0.05, 0.1) is 0 Å². The molecule has 0 bridgehead atoms. The van der Waals surface area contributed by atoms with E-state index in [-0.39, 0.29) is 31.1 Å². The Morgan fingerprint density at radius 2 is 0.593 bits per heavy atom. The second-order valence-electron chi connectivity index (χ2n) is 18.6. The van der Waals surface area contributed by atoms with Gasteiger partial charge in [-0.05, 0) is 31.1 Å². The summed E-state index contributed by atoms with van der Waals surface area (Å²) in [6, 6.07) is 0. The molecule has 0 saturated carbocycles. The third kappa shape index (κ3) is 44.3. The lowest BCUT2D eigenvalue weighted by molar-refractivity contribution is -0.167. The summed E-state index contributed by atoms with van der Waals surface area (Å²) in [6.07, 6.45) is 46.5. The number of esters is 3. The largest absolute Gasteiger partial charge is 0.462 e. The van der Waals surface area contributed by atoms with Gasteiger partial charge in [-0.2, -0.15) is 0 Å². The molecule has 0 aromatic carbocycles. The molecule has 0 aliphatic rings. The minimum atomic E-state index is -0.762. The average Bonchev–Trinajstić information content (AvgIpc) is 3.23. The summed E-state index contributed by atoms with van der Waals surface area (Å²) in [7, 11) is 0. The molecule has 0 aromatic heterocycles. The van der Waals surface area contributed by atoms with Crippen molar-refractivity contribution in [3.05, 3.63) is 0 Å². The number of ether oxygens (including phenoxy) is 3. The van der Waals surface area contributed by atoms with Crippen LogP contribution in [0.3, 0.4) is 0 Å². The highest BCUT2D eigenvalue weighted by atomic mass is 16.6. The Morgan fingerprint density at radius 1 is 0.339 bits per heavy atom. The Morgan fingerprint density at radius 3 is 0.881 bits per heavy atom. The first-order valence-electron chi connectivity index (χ1n) is 26.3. The van der Waals surface area contributed by atoms with Crippen LogP contribution in [0.2, 0.25) is 0 Å². The molecule has 0 N–H and O–H groups in total. The Hall–Kier alpha value is -1.59. The zero-order chi connectivity index (χ0) is 43.3. The summed E-state index contributed by atoms with van der Waals surface area (Å²) in [4.78, 5) is 37.9. The van der Waals surface area contributed by atoms with Gasteiger partial charge in [-0.3, -0.25) is 14.4 Å². The van der Waals surface area contributed by atoms with Crippen LogP contribution in [0.15, 0.2) is 0 Å². The summed E-state index contributed by atoms with van der Waals surface area (Å²) >= 11 is 0. The van der Waals surface area contributed by atoms with Crippen molar-refractivity contribution in [3.8, 4) is 0 Å². The molecule has 59 heavy (non-hydrogen) atoms. The number of carbonyl (C=O) groups excluding carboxylic acids is 3. The van der Waals surface area contributed by atoms with E-state index in [4.69, 9.17) is 14.2 Å². The van der Waals surface area contributed by atoms with Crippen LogP contribution >= 0.6 is 0 Å². The van der Waals surface area contributed by atoms with E-state index in [0.717, 1.165) is 69.6 Å². The monoisotopic (exact) mass is 835 g/mol. The molecule has 0 saturated heterocycles. The third-order valence-electron chi connectivity index (χ3n) is 12.7. The Bertz CT molecular complexity index is 904. The predicted molar refractivity (Wildman–Crippen MR) is 252 cm³/mol. The van der Waals surface area contributed by atoms with Gasteiger partial charge in [-0.1, -0.05) is 253 Å². The standard InChI is InChI=1S/C53H102O6/c1-6-9-10-11-12-13-14-17-22-25-28-35-40-45-53(56)59-50(47-58-52(55)44-39-34-30-29-32-37-42-49(5)8-3)46-57-51(54)43-38-33-27-24-21-19-16-15-18-20-23-26-31-36-41-48(4)7-2/h48-50H,6-47H2,1-5H3/t48?,49?,50-/m1/s1. The zero-order valence-electron chi connectivity index (χ0n) is 40.4. The van der Waals surface area contributed by atoms with Crippen molar-refractivity contribution in [2.45, 2.75) is 298 Å². The maximum Gasteiger partial charge on any atom is 0.306 e. The van der Waals surface area contributed by atoms with E-state index in [0.29, 0.717) is 19.3 Å². The van der Waals surface area contributed by atoms with Crippen molar-refractivity contribution in [3.63, 3.8) is 0 Å². The molecule has 0 amide bonds. The average molecular weight is 835 g/mol. The van der Waals surface area contributed by atoms with Crippen molar-refractivity contribution >= 4 is 17.9 Å². The van der Waals surface area contributed by atoms with E-state index in [1.165, 1.54) is 180 Å². The maximum absolute atomic E-state index is 12.8. The zero-order valence-corrected chi connectivity index (χ0v) is 40.4. The van der Waals surface area contributed by atoms with Crippen molar-refractivity contribution in [1.82, 2.24) is 0 Å². The van der Waals surface area contributed by atoms with Gasteiger partial charge in [0.1, 0.15) is 13.2 Å². The molecule has 2 unspecified atom stereocenters. The second-order valence-corrected chi connectivity index (χ2v) is 18.6. The fourth-order valence-electron chi connectivity index (χ4n) is 7.93. The highest BCUT2D eigenvalue weighted by Gasteiger charge is 2.19. The number of hydrogen-bond donors (Lipinski definition) is 0. The highest BCUT2D eigenvalue weighted by molar-refractivity contribution is 5.71. The number of unbranched alkanes of at least 4 members (excludes halogenated alkanes) is 30. The van der Waals surface area contributed by atoms with Crippen LogP contribution in [0.4, 0.5) is 0 Å². The molecule has 3 atom stereocenters. The lowest BCUT2D eigenvalue weighted by Crippen LogP contribution is -2.30. The Balaban J connectivity index is 4.27. The summed E-state index contributed by atoms with van der Waals surface area (Å²) in [6.45, 7) is 11.4. The molecular weight excluding hydrogens is 733 g/mol. The molecule has 0 aliphatic heterocycles. The molecule has 350 valence electrons. The van der Waals surface area contributed by atoms with Crippen LogP contribution < -0.4 is 0 Å². The minimum absolute atomic E-state index is 0.0641. The topological polar surface area (TPSA) is 78.9 Å². The SMILES string of the molecule is CCCCCCCCCCCCCCCC(=O)O[C@H](COC(=O)CCCCCCCCCCCCCCCCC(C)CC)COC(=O)CCCCCCCCC(C)CC. The first-order chi connectivity index (χ1) is 28.8. The van der Waals surface area contributed by atoms with Crippen molar-refractivity contribution in [2.24, 2.45) is 11.8 Å². The van der Waals surface area contributed by atoms with E-state index >= 15 is 0 Å². The van der Waals surface area contributed by atoms with Crippen LogP contribution in [-0.2, 0) is 28.6 Å². The molecule has 6 nitrogen and oxygen atoms in total. The predicted octanol–water partition coefficient (Wildman–Crippen LogP) is 16.9. The number of rotatable bonds is 47. The number of hydrogen-bond acceptors (Lipinski definition) is 6. The van der Waals surface area contributed by atoms with E-state index in [9.17, 15) is 14.4 Å². The van der Waals surface area contributed by atoms with Crippen molar-refractivity contribution in [1.29, 1.82) is 0 Å². The molecular formula is C53H102O6. The van der Waals surface area contributed by atoms with Gasteiger partial charge < -0.3 is 14.2 Å². The van der Waals surface area contributed by atoms with Gasteiger partial charge >= 0.3 is 17.9 Å². The molecule has 6 heteroatoms. The minimum Gasteiger partial charge on any atom is -0.462 e. The third-order valence-corrected chi connectivity index (χ3v) is 12.7. The van der Waals surface area contributed by atoms with Crippen LogP contribution in [-0.4, -0.2) is 37.2 Å². The molecule has 0 aromatic rings. The quantitative estimate of drug-likeness (QED) is 0.0345. The fourth-order valence-corrected chi connectivity index (χ4v) is 7.93. The van der Waals surface area contributed by atoms with E-state index in [2.05, 4.69) is 34.6 Å². The van der Waals surface area contributed by atoms with Crippen LogP contribution in [0, 0.1) is 11.8 Å². The molecule has 0 fully saturated rings. The van der Waals surface area contributed by atoms with Crippen molar-refractivity contribution in [2.75, 3.05) is 13.2 Å². The lowest BCUT2D eigenvalue weighted by atomic mass is 9.99. The molecule has 0 radical (unpaired) electrons. The van der Waals surface area contributed by atoms with Gasteiger partial charge in [-0.15, -0.1) is 0 Å². The summed E-state index contributed by atoms with van der Waals surface area (Å²) in [5, 5.41) is 0. The van der Waals surface area contributed by atoms with Crippen molar-refractivity contribution < 1.29 is 28.6 Å². The van der Waals surface area contributed by atoms with Crippen LogP contribution in [0.25, 0.3) is 0 Å². The fraction of sp³-hybridized carbons (Fsp3) is 0.943. The smallest absolute Gasteiger partial charge is 0.306 e. The second kappa shape index (κ2) is 45.9. The normalized spacial score (nSPS) is 13.0. The van der Waals surface area contributed by atoms with Gasteiger partial charge in [0.2, 0.25) is 0 Å². The van der Waals surface area contributed by atoms with Crippen LogP contribution in [0.1, 0.15) is 291 Å². The molecule has 0 heterocycles. The van der Waals surface area contributed by atoms with Gasteiger partial charge in [0.15, 0.2) is 6.10 Å². The van der Waals surface area contributed by atoms with Gasteiger partial charge in [-0.25, -0.2) is 0 Å². The Kier molecular flexibility index (Phi) is 44.7. The van der Waals surface area contributed by atoms with E-state index in [1.807, 2.05) is 0 Å². The van der Waals surface area contributed by atoms with E-state index < -0.39 is 6.10 Å². The first kappa shape index (κ1) is 57.4. The maximum atomic E-state index is 12.8. The first-order valence-corrected chi connectivity index (χ1v) is 26.3. The summed E-state index contributed by atoms with van der Waals surface area (Å²) in [5.41, 5.74) is 0. The van der Waals surface area contributed by atoms with Gasteiger partial charge in [0.25, 0.3) is 0 Å². The summed E-state index contributed by atoms with van der Waals surface area (Å²) in [5.74, 6) is 0.860. The Labute approximate surface area is 368 Å². The number of carbonyl (C=O) groups is 3. The highest BCUT2D eigenvalue weighted by Crippen LogP contribution is 2.18. The lowest BCUT2D eigenvalue weighted by Gasteiger charge is -2.18. The molecule has 0 spiro atoms. The van der Waals surface area contributed by atoms with Gasteiger partial charge in [0, 0.05) is 19.3 Å². The molecule has 0 rings (SSSR count). The van der Waals surface area contributed by atoms with E-state index in [1.54, 1.807) is 0 Å². The summed E-state index contributed by atoms with van der Waals surface area (Å²) < 4.78 is 16.8.